The number of hydrogen-bond donors (Lipinski definition) is 2. The third-order valence-corrected chi connectivity index (χ3v) is 5.10. The van der Waals surface area contributed by atoms with Crippen LogP contribution in [0.3, 0.4) is 0 Å². The largest absolute Gasteiger partial charge is 0.452 e. The Morgan fingerprint density at radius 3 is 2.48 bits per heavy atom. The SMILES string of the molecule is Cc1nn(C)c(C)c1NC(=O)COC(=O)c1ccccc1SCC(=O)NC(C)C. The van der Waals surface area contributed by atoms with Crippen LogP contribution in [0.4, 0.5) is 5.69 Å². The average molecular weight is 419 g/mol. The zero-order valence-electron chi connectivity index (χ0n) is 17.2. The number of anilines is 1. The van der Waals surface area contributed by atoms with Crippen LogP contribution in [0.15, 0.2) is 29.2 Å². The number of amides is 2. The Hall–Kier alpha value is -2.81. The third-order valence-electron chi connectivity index (χ3n) is 4.02. The first-order chi connectivity index (χ1) is 13.7. The van der Waals surface area contributed by atoms with Crippen LogP contribution in [-0.4, -0.2) is 46.0 Å². The van der Waals surface area contributed by atoms with Gasteiger partial charge in [-0.25, -0.2) is 4.79 Å². The molecule has 9 heteroatoms. The van der Waals surface area contributed by atoms with E-state index in [9.17, 15) is 14.4 Å². The fourth-order valence-corrected chi connectivity index (χ4v) is 3.46. The van der Waals surface area contributed by atoms with Gasteiger partial charge in [-0.1, -0.05) is 12.1 Å². The number of esters is 1. The molecular formula is C20H26N4O4S. The number of aryl methyl sites for hydroxylation is 2. The summed E-state index contributed by atoms with van der Waals surface area (Å²) in [5, 5.41) is 9.75. The number of ether oxygens (including phenoxy) is 1. The molecule has 0 radical (unpaired) electrons. The highest BCUT2D eigenvalue weighted by Crippen LogP contribution is 2.23. The van der Waals surface area contributed by atoms with Gasteiger partial charge in [0.1, 0.15) is 0 Å². The Kier molecular flexibility index (Phi) is 7.83. The highest BCUT2D eigenvalue weighted by molar-refractivity contribution is 8.00. The van der Waals surface area contributed by atoms with Gasteiger partial charge >= 0.3 is 5.97 Å². The zero-order chi connectivity index (χ0) is 21.6. The molecule has 0 bridgehead atoms. The van der Waals surface area contributed by atoms with Crippen LogP contribution in [0, 0.1) is 13.8 Å². The standard InChI is InChI=1S/C20H26N4O4S/c1-12(2)21-18(26)11-29-16-9-7-6-8-15(16)20(27)28-10-17(25)22-19-13(3)23-24(5)14(19)4/h6-9,12H,10-11H2,1-5H3,(H,21,26)(H,22,25). The topological polar surface area (TPSA) is 102 Å². The number of carbonyl (C=O) groups is 3. The molecule has 156 valence electrons. The molecule has 0 aliphatic rings. The molecule has 1 aromatic heterocycles. The third kappa shape index (κ3) is 6.35. The summed E-state index contributed by atoms with van der Waals surface area (Å²) < 4.78 is 6.84. The predicted molar refractivity (Wildman–Crippen MR) is 112 cm³/mol. The molecule has 2 amide bonds. The molecule has 0 spiro atoms. The Morgan fingerprint density at radius 2 is 1.86 bits per heavy atom. The normalized spacial score (nSPS) is 10.7. The second-order valence-corrected chi connectivity index (χ2v) is 7.82. The number of rotatable bonds is 8. The summed E-state index contributed by atoms with van der Waals surface area (Å²) in [6, 6.07) is 6.89. The summed E-state index contributed by atoms with van der Waals surface area (Å²) in [4.78, 5) is 37.1. The number of aromatic nitrogens is 2. The lowest BCUT2D eigenvalue weighted by Gasteiger charge is -2.11. The predicted octanol–water partition coefficient (Wildman–Crippen LogP) is 2.45. The molecule has 2 aromatic rings. The van der Waals surface area contributed by atoms with E-state index in [1.54, 1.807) is 42.9 Å². The maximum absolute atomic E-state index is 12.5. The van der Waals surface area contributed by atoms with Crippen LogP contribution >= 0.6 is 11.8 Å². The van der Waals surface area contributed by atoms with Crippen molar-refractivity contribution in [3.8, 4) is 0 Å². The summed E-state index contributed by atoms with van der Waals surface area (Å²) in [7, 11) is 1.79. The van der Waals surface area contributed by atoms with E-state index >= 15 is 0 Å². The molecular weight excluding hydrogens is 392 g/mol. The van der Waals surface area contributed by atoms with Gasteiger partial charge in [0.05, 0.1) is 28.4 Å². The van der Waals surface area contributed by atoms with E-state index in [-0.39, 0.29) is 17.7 Å². The minimum Gasteiger partial charge on any atom is -0.452 e. The van der Waals surface area contributed by atoms with Crippen LogP contribution in [0.25, 0.3) is 0 Å². The van der Waals surface area contributed by atoms with Crippen molar-refractivity contribution < 1.29 is 19.1 Å². The van der Waals surface area contributed by atoms with Crippen LogP contribution in [0.5, 0.6) is 0 Å². The molecule has 0 aliphatic heterocycles. The molecule has 0 unspecified atom stereocenters. The lowest BCUT2D eigenvalue weighted by molar-refractivity contribution is -0.119. The average Bonchev–Trinajstić information content (AvgIpc) is 2.90. The number of nitrogens with one attached hydrogen (secondary N) is 2. The summed E-state index contributed by atoms with van der Waals surface area (Å²) in [5.74, 6) is -0.997. The number of thioether (sulfide) groups is 1. The number of carbonyl (C=O) groups excluding carboxylic acids is 3. The molecule has 0 aliphatic carbocycles. The molecule has 0 fully saturated rings. The van der Waals surface area contributed by atoms with Crippen LogP contribution in [-0.2, 0) is 21.4 Å². The first-order valence-corrected chi connectivity index (χ1v) is 10.2. The number of hydrogen-bond acceptors (Lipinski definition) is 6. The molecule has 8 nitrogen and oxygen atoms in total. The molecule has 1 aromatic carbocycles. The van der Waals surface area contributed by atoms with Crippen molar-refractivity contribution in [1.29, 1.82) is 0 Å². The summed E-state index contributed by atoms with van der Waals surface area (Å²) in [5.41, 5.74) is 2.42. The minimum absolute atomic E-state index is 0.0499. The molecule has 2 N–H and O–H groups in total. The fourth-order valence-electron chi connectivity index (χ4n) is 2.61. The molecule has 2 rings (SSSR count). The molecule has 29 heavy (non-hydrogen) atoms. The molecule has 1 heterocycles. The van der Waals surface area contributed by atoms with Crippen molar-refractivity contribution in [1.82, 2.24) is 15.1 Å². The van der Waals surface area contributed by atoms with Crippen molar-refractivity contribution in [3.63, 3.8) is 0 Å². The van der Waals surface area contributed by atoms with E-state index in [1.165, 1.54) is 11.8 Å². The van der Waals surface area contributed by atoms with Gasteiger partial charge in [0, 0.05) is 18.0 Å². The van der Waals surface area contributed by atoms with Crippen LogP contribution in [0.1, 0.15) is 35.6 Å². The van der Waals surface area contributed by atoms with Crippen molar-refractivity contribution in [3.05, 3.63) is 41.2 Å². The van der Waals surface area contributed by atoms with Gasteiger partial charge in [0.25, 0.3) is 5.91 Å². The van der Waals surface area contributed by atoms with Gasteiger partial charge in [0.15, 0.2) is 6.61 Å². The van der Waals surface area contributed by atoms with Crippen molar-refractivity contribution in [2.45, 2.75) is 38.6 Å². The number of benzene rings is 1. The van der Waals surface area contributed by atoms with Gasteiger partial charge in [0.2, 0.25) is 5.91 Å². The van der Waals surface area contributed by atoms with Gasteiger partial charge < -0.3 is 15.4 Å². The smallest absolute Gasteiger partial charge is 0.339 e. The summed E-state index contributed by atoms with van der Waals surface area (Å²) in [6.45, 7) is 6.97. The second-order valence-electron chi connectivity index (χ2n) is 6.80. The van der Waals surface area contributed by atoms with Crippen LogP contribution < -0.4 is 10.6 Å². The van der Waals surface area contributed by atoms with E-state index in [1.807, 2.05) is 20.8 Å². The van der Waals surface area contributed by atoms with E-state index < -0.39 is 18.5 Å². The second kappa shape index (κ2) is 10.1. The van der Waals surface area contributed by atoms with E-state index in [0.29, 0.717) is 21.8 Å². The zero-order valence-corrected chi connectivity index (χ0v) is 18.1. The Bertz CT molecular complexity index is 908. The summed E-state index contributed by atoms with van der Waals surface area (Å²) >= 11 is 1.24. The van der Waals surface area contributed by atoms with E-state index in [2.05, 4.69) is 15.7 Å². The van der Waals surface area contributed by atoms with Crippen molar-refractivity contribution in [2.24, 2.45) is 7.05 Å². The van der Waals surface area contributed by atoms with E-state index in [0.717, 1.165) is 5.69 Å². The fraction of sp³-hybridized carbons (Fsp3) is 0.400. The molecule has 0 saturated heterocycles. The van der Waals surface area contributed by atoms with Crippen LogP contribution in [0.2, 0.25) is 0 Å². The van der Waals surface area contributed by atoms with Crippen molar-refractivity contribution >= 4 is 35.2 Å². The monoisotopic (exact) mass is 418 g/mol. The van der Waals surface area contributed by atoms with Gasteiger partial charge in [-0.3, -0.25) is 14.3 Å². The first kappa shape index (κ1) is 22.5. The number of nitrogens with zero attached hydrogens (tertiary/aromatic N) is 2. The highest BCUT2D eigenvalue weighted by atomic mass is 32.2. The Labute approximate surface area is 174 Å². The Morgan fingerprint density at radius 1 is 1.17 bits per heavy atom. The van der Waals surface area contributed by atoms with Gasteiger partial charge in [-0.2, -0.15) is 5.10 Å². The van der Waals surface area contributed by atoms with Gasteiger partial charge in [-0.15, -0.1) is 11.8 Å². The minimum atomic E-state index is -0.618. The quantitative estimate of drug-likeness (QED) is 0.504. The summed E-state index contributed by atoms with van der Waals surface area (Å²) in [6.07, 6.45) is 0. The maximum Gasteiger partial charge on any atom is 0.339 e. The van der Waals surface area contributed by atoms with E-state index in [4.69, 9.17) is 4.74 Å². The lowest BCUT2D eigenvalue weighted by atomic mass is 10.2. The Balaban J connectivity index is 1.95. The lowest BCUT2D eigenvalue weighted by Crippen LogP contribution is -2.31. The molecule has 0 atom stereocenters. The van der Waals surface area contributed by atoms with Crippen molar-refractivity contribution in [2.75, 3.05) is 17.7 Å². The first-order valence-electron chi connectivity index (χ1n) is 9.17. The maximum atomic E-state index is 12.5. The highest BCUT2D eigenvalue weighted by Gasteiger charge is 2.17. The van der Waals surface area contributed by atoms with Gasteiger partial charge in [-0.05, 0) is 39.8 Å². The molecule has 0 saturated carbocycles.